The largest absolute Gasteiger partial charge is 0.862 e. The second-order valence-electron chi connectivity index (χ2n) is 7.23. The van der Waals surface area contributed by atoms with Crippen LogP contribution in [0, 0.1) is 0 Å². The summed E-state index contributed by atoms with van der Waals surface area (Å²) in [7, 11) is -10.0. The molecule has 2 heterocycles. The fourth-order valence-corrected chi connectivity index (χ4v) is 3.81. The van der Waals surface area contributed by atoms with Gasteiger partial charge in [-0.2, -0.15) is 16.8 Å². The molecule has 7 N–H and O–H groups in total. The Balaban J connectivity index is 2.29. The summed E-state index contributed by atoms with van der Waals surface area (Å²) < 4.78 is 84.6. The van der Waals surface area contributed by atoms with Crippen LogP contribution in [0.3, 0.4) is 0 Å². The van der Waals surface area contributed by atoms with Crippen molar-refractivity contribution in [1.29, 1.82) is 0 Å². The standard InChI is InChI=1S/C14H25NO17S2/c1-4(16)15-7-9(18)12(6(30-13(7)21)3-29-34(25,26)27)32-14-11(20)10(19)8(17)5(31-14)2-28-33(22,23)24/h5-14,17-21H,2-3H2,1H3,(H,15,16)(H,22,23,24)(H,25,26,27)/p-1/t5-,6-,7+,8+,9-,10+,11-,12-,13?,14+/m1/s1. The second-order valence-corrected chi connectivity index (χ2v) is 9.42. The number of aliphatic imine (C=N–C) groups is 1. The molecule has 0 bridgehead atoms. The van der Waals surface area contributed by atoms with Crippen molar-refractivity contribution in [3.63, 3.8) is 0 Å². The minimum absolute atomic E-state index is 0.854. The van der Waals surface area contributed by atoms with Gasteiger partial charge in [-0.1, -0.05) is 0 Å². The van der Waals surface area contributed by atoms with Gasteiger partial charge in [0.25, 0.3) is 0 Å². The van der Waals surface area contributed by atoms with Crippen molar-refractivity contribution < 1.29 is 79.2 Å². The van der Waals surface area contributed by atoms with Gasteiger partial charge in [0.05, 0.1) is 13.2 Å². The zero-order valence-electron chi connectivity index (χ0n) is 17.2. The van der Waals surface area contributed by atoms with E-state index in [1.165, 1.54) is 0 Å². The molecule has 2 fully saturated rings. The molecule has 20 heteroatoms. The smallest absolute Gasteiger partial charge is 0.397 e. The van der Waals surface area contributed by atoms with Gasteiger partial charge in [-0.05, 0) is 12.8 Å². The minimum atomic E-state index is -5.03. The highest BCUT2D eigenvalue weighted by Crippen LogP contribution is 2.30. The molecule has 18 nitrogen and oxygen atoms in total. The quantitative estimate of drug-likeness (QED) is 0.0810. The summed E-state index contributed by atoms with van der Waals surface area (Å²) >= 11 is 0. The molecule has 0 amide bonds. The lowest BCUT2D eigenvalue weighted by Crippen LogP contribution is -2.64. The van der Waals surface area contributed by atoms with Crippen LogP contribution in [-0.4, -0.2) is 132 Å². The van der Waals surface area contributed by atoms with Crippen LogP contribution < -0.4 is 5.11 Å². The fraction of sp³-hybridized carbons (Fsp3) is 0.929. The summed E-state index contributed by atoms with van der Waals surface area (Å²) in [4.78, 5) is 3.44. The van der Waals surface area contributed by atoms with Crippen molar-refractivity contribution in [2.75, 3.05) is 13.2 Å². The maximum Gasteiger partial charge on any atom is 0.397 e. The molecule has 1 unspecified atom stereocenters. The van der Waals surface area contributed by atoms with E-state index >= 15 is 0 Å². The molecule has 0 aliphatic carbocycles. The first kappa shape index (κ1) is 29.1. The number of nitrogens with zero attached hydrogens (tertiary/aromatic N) is 1. The average molecular weight is 542 g/mol. The summed E-state index contributed by atoms with van der Waals surface area (Å²) in [6, 6.07) is -1.68. The lowest BCUT2D eigenvalue weighted by Gasteiger charge is -2.45. The van der Waals surface area contributed by atoms with Crippen molar-refractivity contribution in [2.45, 2.75) is 68.3 Å². The molecule has 34 heavy (non-hydrogen) atoms. The Kier molecular flexibility index (Phi) is 9.68. The van der Waals surface area contributed by atoms with Crippen molar-refractivity contribution in [2.24, 2.45) is 4.99 Å². The normalized spacial score (nSPS) is 40.3. The number of rotatable bonds is 9. The van der Waals surface area contributed by atoms with Crippen molar-refractivity contribution in [3.05, 3.63) is 0 Å². The topological polar surface area (TPSA) is 291 Å². The molecule has 2 aliphatic heterocycles. The van der Waals surface area contributed by atoms with E-state index in [9.17, 15) is 47.5 Å². The Morgan fingerprint density at radius 2 is 1.38 bits per heavy atom. The summed E-state index contributed by atoms with van der Waals surface area (Å²) in [6.07, 6.45) is -17.2. The highest BCUT2D eigenvalue weighted by atomic mass is 32.3. The Bertz CT molecular complexity index is 921. The van der Waals surface area contributed by atoms with E-state index in [1.54, 1.807) is 0 Å². The lowest BCUT2D eigenvalue weighted by atomic mass is 9.96. The van der Waals surface area contributed by atoms with Crippen LogP contribution in [0.2, 0.25) is 0 Å². The van der Waals surface area contributed by atoms with E-state index in [0.717, 1.165) is 6.92 Å². The highest BCUT2D eigenvalue weighted by Gasteiger charge is 2.51. The first-order valence-electron chi connectivity index (χ1n) is 9.32. The molecule has 0 aromatic heterocycles. The average Bonchev–Trinajstić information content (AvgIpc) is 2.69. The van der Waals surface area contributed by atoms with E-state index in [4.69, 9.17) is 23.3 Å². The molecule has 10 atom stereocenters. The van der Waals surface area contributed by atoms with Crippen LogP contribution in [0.1, 0.15) is 6.92 Å². The Hall–Kier alpha value is -1.11. The number of aliphatic hydroxyl groups is 5. The van der Waals surface area contributed by atoms with E-state index in [1.807, 2.05) is 0 Å². The molecule has 2 aliphatic rings. The third-order valence-electron chi connectivity index (χ3n) is 4.71. The van der Waals surface area contributed by atoms with Gasteiger partial charge in [0.1, 0.15) is 48.8 Å². The molecule has 2 saturated heterocycles. The van der Waals surface area contributed by atoms with Gasteiger partial charge in [0.2, 0.25) is 0 Å². The lowest BCUT2D eigenvalue weighted by molar-refractivity contribution is -0.343. The molecular formula is C14H24NO17S2-. The summed E-state index contributed by atoms with van der Waals surface area (Å²) in [6.45, 7) is -1.13. The van der Waals surface area contributed by atoms with Crippen LogP contribution >= 0.6 is 0 Å². The van der Waals surface area contributed by atoms with Gasteiger partial charge in [-0.3, -0.25) is 14.1 Å². The molecule has 0 aromatic rings. The van der Waals surface area contributed by atoms with Gasteiger partial charge in [0.15, 0.2) is 12.6 Å². The van der Waals surface area contributed by atoms with Gasteiger partial charge < -0.3 is 44.8 Å². The van der Waals surface area contributed by atoms with Gasteiger partial charge in [-0.25, -0.2) is 8.37 Å². The predicted molar refractivity (Wildman–Crippen MR) is 100 cm³/mol. The van der Waals surface area contributed by atoms with Gasteiger partial charge in [-0.15, -0.1) is 0 Å². The van der Waals surface area contributed by atoms with E-state index < -0.39 is 101 Å². The van der Waals surface area contributed by atoms with Crippen molar-refractivity contribution >= 4 is 26.7 Å². The van der Waals surface area contributed by atoms with E-state index in [2.05, 4.69) is 13.4 Å². The van der Waals surface area contributed by atoms with E-state index in [0.29, 0.717) is 0 Å². The maximum atomic E-state index is 11.3. The second kappa shape index (κ2) is 11.3. The molecule has 0 aromatic carbocycles. The third-order valence-corrected chi connectivity index (χ3v) is 5.58. The monoisotopic (exact) mass is 542 g/mol. The van der Waals surface area contributed by atoms with Gasteiger partial charge in [0, 0.05) is 0 Å². The van der Waals surface area contributed by atoms with Crippen molar-refractivity contribution in [3.8, 4) is 0 Å². The number of hydrogen-bond acceptors (Lipinski definition) is 16. The first-order chi connectivity index (χ1) is 15.5. The van der Waals surface area contributed by atoms with Gasteiger partial charge >= 0.3 is 20.8 Å². The molecular weight excluding hydrogens is 518 g/mol. The zero-order valence-corrected chi connectivity index (χ0v) is 18.8. The molecule has 0 spiro atoms. The van der Waals surface area contributed by atoms with E-state index in [-0.39, 0.29) is 0 Å². The molecule has 0 saturated carbocycles. The first-order valence-corrected chi connectivity index (χ1v) is 12.0. The maximum absolute atomic E-state index is 11.3. The van der Waals surface area contributed by atoms with Crippen molar-refractivity contribution in [1.82, 2.24) is 0 Å². The third kappa shape index (κ3) is 7.96. The van der Waals surface area contributed by atoms with Crippen LogP contribution in [0.15, 0.2) is 4.99 Å². The fourth-order valence-electron chi connectivity index (χ4n) is 3.20. The predicted octanol–water partition coefficient (Wildman–Crippen LogP) is -5.96. The Morgan fingerprint density at radius 3 is 1.88 bits per heavy atom. The summed E-state index contributed by atoms with van der Waals surface area (Å²) in [5.41, 5.74) is 0. The molecule has 2 rings (SSSR count). The SMILES string of the molecule is CC([O-])=N[C@@H]1C(O)O[C@H](COS(=O)(=O)O)[C@@H](O[C@@H]2O[C@H](COS(=O)(=O)O)[C@H](O)[C@H](O)[C@H]2O)[C@@H]1O. The Labute approximate surface area is 192 Å². The number of aliphatic hydroxyl groups excluding tert-OH is 5. The number of ether oxygens (including phenoxy) is 3. The van der Waals surface area contributed by atoms with Crippen LogP contribution in [0.5, 0.6) is 0 Å². The van der Waals surface area contributed by atoms with Crippen LogP contribution in [0.25, 0.3) is 0 Å². The molecule has 0 radical (unpaired) electrons. The Morgan fingerprint density at radius 1 is 0.853 bits per heavy atom. The summed E-state index contributed by atoms with van der Waals surface area (Å²) in [5.74, 6) is -0.854. The number of hydrogen-bond donors (Lipinski definition) is 7. The zero-order chi connectivity index (χ0) is 26.0. The minimum Gasteiger partial charge on any atom is -0.862 e. The van der Waals surface area contributed by atoms with Crippen LogP contribution in [0.4, 0.5) is 0 Å². The summed E-state index contributed by atoms with van der Waals surface area (Å²) in [5, 5.41) is 62.1. The molecule has 200 valence electrons. The highest BCUT2D eigenvalue weighted by molar-refractivity contribution is 7.81. The van der Waals surface area contributed by atoms with Crippen LogP contribution in [-0.2, 0) is 43.4 Å².